The first-order valence-electron chi connectivity index (χ1n) is 11.2. The molecule has 30 heavy (non-hydrogen) atoms. The molecule has 2 aromatic rings. The van der Waals surface area contributed by atoms with Crippen LogP contribution in [0.4, 0.5) is 22.7 Å². The Hall–Kier alpha value is -2.28. The summed E-state index contributed by atoms with van der Waals surface area (Å²) >= 11 is 0. The van der Waals surface area contributed by atoms with Gasteiger partial charge in [-0.25, -0.2) is 10.4 Å². The standard InChI is InChI=1S/C24H35N6/c1-18-9-8-10-21-22(18)29-17-27(2)26-23(29)24(30(21,3)4)25-19-11-13-20(14-12-19)28-15-6-5-7-16-28/h8-14,23-26H,5-7,15-17H2,1-4H3/q+1. The fraction of sp³-hybridized carbons (Fsp3) is 0.500. The Morgan fingerprint density at radius 3 is 2.47 bits per heavy atom. The highest BCUT2D eigenvalue weighted by Crippen LogP contribution is 2.44. The van der Waals surface area contributed by atoms with Crippen molar-refractivity contribution < 1.29 is 0 Å². The molecule has 3 heterocycles. The summed E-state index contributed by atoms with van der Waals surface area (Å²) in [6.07, 6.45) is 4.36. The van der Waals surface area contributed by atoms with Gasteiger partial charge in [-0.15, -0.1) is 0 Å². The highest BCUT2D eigenvalue weighted by Gasteiger charge is 2.51. The smallest absolute Gasteiger partial charge is 0.202 e. The predicted molar refractivity (Wildman–Crippen MR) is 127 cm³/mol. The lowest BCUT2D eigenvalue weighted by atomic mass is 10.0. The van der Waals surface area contributed by atoms with Gasteiger partial charge in [0.25, 0.3) is 0 Å². The number of aryl methyl sites for hydroxylation is 1. The van der Waals surface area contributed by atoms with Crippen LogP contribution in [0.1, 0.15) is 24.8 Å². The molecule has 5 rings (SSSR count). The molecule has 0 amide bonds. The maximum Gasteiger partial charge on any atom is 0.202 e. The molecule has 3 aliphatic heterocycles. The van der Waals surface area contributed by atoms with Crippen LogP contribution in [0.5, 0.6) is 0 Å². The summed E-state index contributed by atoms with van der Waals surface area (Å²) in [4.78, 5) is 5.02. The van der Waals surface area contributed by atoms with Gasteiger partial charge in [-0.05, 0) is 56.0 Å². The van der Waals surface area contributed by atoms with Crippen molar-refractivity contribution in [2.24, 2.45) is 0 Å². The minimum atomic E-state index is 0.185. The second-order valence-electron chi connectivity index (χ2n) is 9.55. The molecule has 2 fully saturated rings. The predicted octanol–water partition coefficient (Wildman–Crippen LogP) is 3.54. The van der Waals surface area contributed by atoms with E-state index in [2.05, 4.69) is 96.1 Å². The Kier molecular flexibility index (Phi) is 4.88. The number of anilines is 3. The molecule has 0 bridgehead atoms. The summed E-state index contributed by atoms with van der Waals surface area (Å²) in [6, 6.07) is 15.7. The number of nitrogens with zero attached hydrogens (tertiary/aromatic N) is 4. The topological polar surface area (TPSA) is 33.8 Å². The number of benzene rings is 2. The Morgan fingerprint density at radius 1 is 1.00 bits per heavy atom. The van der Waals surface area contributed by atoms with Gasteiger partial charge in [0.05, 0.1) is 20.8 Å². The van der Waals surface area contributed by atoms with E-state index < -0.39 is 0 Å². The van der Waals surface area contributed by atoms with Gasteiger partial charge in [-0.1, -0.05) is 12.1 Å². The average Bonchev–Trinajstić information content (AvgIpc) is 3.13. The molecule has 2 aromatic carbocycles. The minimum absolute atomic E-state index is 0.185. The fourth-order valence-corrected chi connectivity index (χ4v) is 5.42. The van der Waals surface area contributed by atoms with Crippen LogP contribution in [0, 0.1) is 6.92 Å². The van der Waals surface area contributed by atoms with Gasteiger partial charge in [0, 0.05) is 37.6 Å². The number of likely N-dealkylation sites (N-methyl/N-ethyl adjacent to an activating group) is 1. The van der Waals surface area contributed by atoms with E-state index in [0.717, 1.165) is 11.2 Å². The zero-order valence-electron chi connectivity index (χ0n) is 18.7. The molecular weight excluding hydrogens is 372 g/mol. The number of quaternary nitrogens is 1. The Balaban J connectivity index is 1.45. The maximum absolute atomic E-state index is 3.88. The first-order valence-corrected chi connectivity index (χ1v) is 11.2. The third kappa shape index (κ3) is 3.23. The first-order chi connectivity index (χ1) is 14.4. The van der Waals surface area contributed by atoms with Crippen molar-refractivity contribution in [1.82, 2.24) is 14.9 Å². The van der Waals surface area contributed by atoms with Crippen LogP contribution in [0.2, 0.25) is 0 Å². The Bertz CT molecular complexity index is 902. The normalized spacial score (nSPS) is 25.7. The lowest BCUT2D eigenvalue weighted by molar-refractivity contribution is 0.212. The van der Waals surface area contributed by atoms with E-state index in [-0.39, 0.29) is 12.3 Å². The quantitative estimate of drug-likeness (QED) is 0.761. The summed E-state index contributed by atoms with van der Waals surface area (Å²) in [7, 11) is 6.76. The van der Waals surface area contributed by atoms with E-state index in [0.29, 0.717) is 0 Å². The fourth-order valence-electron chi connectivity index (χ4n) is 5.42. The molecule has 160 valence electrons. The van der Waals surface area contributed by atoms with Crippen molar-refractivity contribution >= 4 is 22.7 Å². The molecule has 2 unspecified atom stereocenters. The number of piperidine rings is 1. The van der Waals surface area contributed by atoms with Crippen LogP contribution in [0.3, 0.4) is 0 Å². The van der Waals surface area contributed by atoms with Crippen molar-refractivity contribution in [3.8, 4) is 0 Å². The lowest BCUT2D eigenvalue weighted by Gasteiger charge is -2.49. The molecule has 2 N–H and O–H groups in total. The maximum atomic E-state index is 3.88. The third-order valence-electron chi connectivity index (χ3n) is 7.08. The van der Waals surface area contributed by atoms with E-state index in [4.69, 9.17) is 0 Å². The molecular formula is C24H35N6+. The molecule has 0 saturated carbocycles. The van der Waals surface area contributed by atoms with Crippen molar-refractivity contribution in [2.45, 2.75) is 38.5 Å². The van der Waals surface area contributed by atoms with Gasteiger partial charge in [0.15, 0.2) is 11.9 Å². The van der Waals surface area contributed by atoms with E-state index in [1.165, 1.54) is 60.7 Å². The molecule has 3 aliphatic rings. The molecule has 2 atom stereocenters. The van der Waals surface area contributed by atoms with Crippen LogP contribution >= 0.6 is 0 Å². The van der Waals surface area contributed by atoms with Crippen LogP contribution in [0.15, 0.2) is 42.5 Å². The number of hydrazine groups is 1. The van der Waals surface area contributed by atoms with Gasteiger partial charge in [-0.2, -0.15) is 0 Å². The van der Waals surface area contributed by atoms with Gasteiger partial charge in [-0.3, -0.25) is 4.48 Å². The summed E-state index contributed by atoms with van der Waals surface area (Å²) < 4.78 is 0.785. The van der Waals surface area contributed by atoms with Gasteiger partial charge >= 0.3 is 0 Å². The van der Waals surface area contributed by atoms with Crippen molar-refractivity contribution in [3.05, 3.63) is 48.0 Å². The Morgan fingerprint density at radius 2 is 1.73 bits per heavy atom. The van der Waals surface area contributed by atoms with Gasteiger partial charge in [0.1, 0.15) is 5.69 Å². The molecule has 2 saturated heterocycles. The summed E-state index contributed by atoms with van der Waals surface area (Å²) in [5.74, 6) is 0. The van der Waals surface area contributed by atoms with Crippen molar-refractivity contribution in [2.75, 3.05) is 56.0 Å². The number of fused-ring (bicyclic) bond motifs is 3. The SMILES string of the molecule is Cc1cccc2c1N1CN(C)NC1C(Nc1ccc(N3CCCCC3)cc1)[N+]2(C)C. The van der Waals surface area contributed by atoms with Crippen LogP contribution in [-0.2, 0) is 0 Å². The second-order valence-corrected chi connectivity index (χ2v) is 9.55. The summed E-state index contributed by atoms with van der Waals surface area (Å²) in [5.41, 5.74) is 10.3. The molecule has 0 aromatic heterocycles. The monoisotopic (exact) mass is 407 g/mol. The average molecular weight is 408 g/mol. The highest BCUT2D eigenvalue weighted by molar-refractivity contribution is 5.76. The first kappa shape index (κ1) is 19.7. The largest absolute Gasteiger partial charge is 0.372 e. The molecule has 0 radical (unpaired) electrons. The summed E-state index contributed by atoms with van der Waals surface area (Å²) in [5, 5.41) is 6.07. The van der Waals surface area contributed by atoms with E-state index in [1.807, 2.05) is 0 Å². The molecule has 0 spiro atoms. The van der Waals surface area contributed by atoms with E-state index in [9.17, 15) is 0 Å². The van der Waals surface area contributed by atoms with Gasteiger partial charge in [0.2, 0.25) is 6.17 Å². The Labute approximate surface area is 180 Å². The molecule has 6 nitrogen and oxygen atoms in total. The van der Waals surface area contributed by atoms with Crippen LogP contribution in [-0.4, -0.2) is 58.2 Å². The van der Waals surface area contributed by atoms with E-state index in [1.54, 1.807) is 0 Å². The zero-order valence-corrected chi connectivity index (χ0v) is 18.7. The number of para-hydroxylation sites is 1. The summed E-state index contributed by atoms with van der Waals surface area (Å²) in [6.45, 7) is 5.47. The number of rotatable bonds is 3. The minimum Gasteiger partial charge on any atom is -0.372 e. The zero-order chi connectivity index (χ0) is 20.9. The molecule has 0 aliphatic carbocycles. The third-order valence-corrected chi connectivity index (χ3v) is 7.08. The number of hydrogen-bond acceptors (Lipinski definition) is 5. The second kappa shape index (κ2) is 7.45. The number of hydrogen-bond donors (Lipinski definition) is 2. The van der Waals surface area contributed by atoms with E-state index >= 15 is 0 Å². The van der Waals surface area contributed by atoms with Crippen molar-refractivity contribution in [3.63, 3.8) is 0 Å². The highest BCUT2D eigenvalue weighted by atomic mass is 15.7. The van der Waals surface area contributed by atoms with Gasteiger partial charge < -0.3 is 15.1 Å². The lowest BCUT2D eigenvalue weighted by Crippen LogP contribution is -2.68. The molecule has 6 heteroatoms. The van der Waals surface area contributed by atoms with Crippen LogP contribution in [0.25, 0.3) is 0 Å². The number of nitrogens with one attached hydrogen (secondary N) is 2. The van der Waals surface area contributed by atoms with Crippen LogP contribution < -0.4 is 25.0 Å². The van der Waals surface area contributed by atoms with Crippen molar-refractivity contribution in [1.29, 1.82) is 0 Å².